The van der Waals surface area contributed by atoms with Crippen molar-refractivity contribution in [2.45, 2.75) is 5.41 Å². The van der Waals surface area contributed by atoms with E-state index in [1.165, 1.54) is 71.6 Å². The van der Waals surface area contributed by atoms with Gasteiger partial charge in [0.2, 0.25) is 0 Å². The second kappa shape index (κ2) is 9.07. The summed E-state index contributed by atoms with van der Waals surface area (Å²) >= 11 is 0. The van der Waals surface area contributed by atoms with Crippen LogP contribution in [0.25, 0.3) is 66.3 Å². The van der Waals surface area contributed by atoms with Crippen LogP contribution in [0, 0.1) is 0 Å². The van der Waals surface area contributed by atoms with Crippen molar-refractivity contribution in [2.75, 3.05) is 0 Å². The van der Waals surface area contributed by atoms with Crippen LogP contribution in [0.5, 0.6) is 0 Å². The minimum Gasteiger partial charge on any atom is -0.255 e. The maximum atomic E-state index is 4.90. The maximum Gasteiger partial charge on any atom is 0.0886 e. The van der Waals surface area contributed by atoms with Crippen LogP contribution in [-0.4, -0.2) is 9.97 Å². The van der Waals surface area contributed by atoms with Crippen molar-refractivity contribution in [3.05, 3.63) is 180 Å². The van der Waals surface area contributed by atoms with Gasteiger partial charge in [-0.2, -0.15) is 0 Å². The molecule has 2 aromatic heterocycles. The lowest BCUT2D eigenvalue weighted by Gasteiger charge is -2.32. The molecule has 0 unspecified atom stereocenters. The average Bonchev–Trinajstić information content (AvgIpc) is 3.59. The van der Waals surface area contributed by atoms with E-state index in [4.69, 9.17) is 4.98 Å². The van der Waals surface area contributed by atoms with Crippen LogP contribution in [0.2, 0.25) is 0 Å². The third-order valence-electron chi connectivity index (χ3n) is 9.98. The quantitative estimate of drug-likeness (QED) is 0.207. The molecule has 10 rings (SSSR count). The molecule has 2 heteroatoms. The SMILES string of the molecule is c1ccc(-c2ccc(-c3cc4c(c5ccccc35)-c3ccc5ccccc5c3C43c4ccccc4-c4ccccc43)cn2)nc1. The molecule has 0 radical (unpaired) electrons. The zero-order valence-electron chi connectivity index (χ0n) is 24.4. The van der Waals surface area contributed by atoms with E-state index in [0.717, 1.165) is 17.0 Å². The Morgan fingerprint density at radius 3 is 1.82 bits per heavy atom. The van der Waals surface area contributed by atoms with Gasteiger partial charge in [0.15, 0.2) is 0 Å². The van der Waals surface area contributed by atoms with E-state index in [2.05, 4.69) is 132 Å². The monoisotopic (exact) mass is 570 g/mol. The molecule has 2 nitrogen and oxygen atoms in total. The number of aromatic nitrogens is 2. The molecule has 2 heterocycles. The number of fused-ring (bicyclic) bond motifs is 14. The Kier molecular flexibility index (Phi) is 4.95. The molecule has 0 fully saturated rings. The van der Waals surface area contributed by atoms with Crippen LogP contribution in [0.1, 0.15) is 22.3 Å². The maximum absolute atomic E-state index is 4.90. The van der Waals surface area contributed by atoms with E-state index in [-0.39, 0.29) is 0 Å². The first-order valence-electron chi connectivity index (χ1n) is 15.5. The first-order valence-corrected chi connectivity index (χ1v) is 15.5. The average molecular weight is 571 g/mol. The predicted molar refractivity (Wildman–Crippen MR) is 184 cm³/mol. The zero-order valence-corrected chi connectivity index (χ0v) is 24.4. The van der Waals surface area contributed by atoms with E-state index >= 15 is 0 Å². The van der Waals surface area contributed by atoms with Crippen LogP contribution in [0.4, 0.5) is 0 Å². The fraction of sp³-hybridized carbons (Fsp3) is 0.0233. The topological polar surface area (TPSA) is 25.8 Å². The van der Waals surface area contributed by atoms with Crippen LogP contribution >= 0.6 is 0 Å². The van der Waals surface area contributed by atoms with Crippen LogP contribution in [0.3, 0.4) is 0 Å². The van der Waals surface area contributed by atoms with Crippen molar-refractivity contribution in [1.82, 2.24) is 9.97 Å². The second-order valence-electron chi connectivity index (χ2n) is 12.1. The van der Waals surface area contributed by atoms with Gasteiger partial charge in [0.1, 0.15) is 0 Å². The van der Waals surface area contributed by atoms with E-state index < -0.39 is 5.41 Å². The summed E-state index contributed by atoms with van der Waals surface area (Å²) in [7, 11) is 0. The summed E-state index contributed by atoms with van der Waals surface area (Å²) in [5.74, 6) is 0. The van der Waals surface area contributed by atoms with E-state index in [1.807, 2.05) is 30.6 Å². The Morgan fingerprint density at radius 2 is 1.09 bits per heavy atom. The molecule has 2 aliphatic carbocycles. The summed E-state index contributed by atoms with van der Waals surface area (Å²) in [5, 5.41) is 5.09. The Labute approximate surface area is 261 Å². The van der Waals surface area contributed by atoms with Gasteiger partial charge >= 0.3 is 0 Å². The molecule has 0 atom stereocenters. The van der Waals surface area contributed by atoms with Crippen molar-refractivity contribution < 1.29 is 0 Å². The van der Waals surface area contributed by atoms with Gasteiger partial charge in [-0.15, -0.1) is 0 Å². The van der Waals surface area contributed by atoms with Crippen LogP contribution < -0.4 is 0 Å². The second-order valence-corrected chi connectivity index (χ2v) is 12.1. The first kappa shape index (κ1) is 24.6. The number of hydrogen-bond acceptors (Lipinski definition) is 2. The number of pyridine rings is 2. The molecule has 45 heavy (non-hydrogen) atoms. The Morgan fingerprint density at radius 1 is 0.422 bits per heavy atom. The smallest absolute Gasteiger partial charge is 0.0886 e. The lowest BCUT2D eigenvalue weighted by Crippen LogP contribution is -2.26. The van der Waals surface area contributed by atoms with E-state index in [0.29, 0.717) is 0 Å². The Balaban J connectivity index is 1.35. The summed E-state index contributed by atoms with van der Waals surface area (Å²) in [4.78, 5) is 9.43. The highest BCUT2D eigenvalue weighted by Gasteiger charge is 2.53. The largest absolute Gasteiger partial charge is 0.255 e. The van der Waals surface area contributed by atoms with Crippen molar-refractivity contribution in [1.29, 1.82) is 0 Å². The van der Waals surface area contributed by atoms with Crippen molar-refractivity contribution in [2.24, 2.45) is 0 Å². The fourth-order valence-electron chi connectivity index (χ4n) is 8.23. The highest BCUT2D eigenvalue weighted by molar-refractivity contribution is 6.14. The number of benzene rings is 6. The summed E-state index contributed by atoms with van der Waals surface area (Å²) in [6.07, 6.45) is 3.83. The molecular weight excluding hydrogens is 544 g/mol. The summed E-state index contributed by atoms with van der Waals surface area (Å²) in [6.45, 7) is 0. The molecule has 0 bridgehead atoms. The van der Waals surface area contributed by atoms with Gasteiger partial charge in [-0.05, 0) is 95.9 Å². The molecule has 0 saturated carbocycles. The van der Waals surface area contributed by atoms with Gasteiger partial charge in [0.05, 0.1) is 16.8 Å². The third kappa shape index (κ3) is 3.18. The number of nitrogens with zero attached hydrogens (tertiary/aromatic N) is 2. The summed E-state index contributed by atoms with van der Waals surface area (Å²) in [6, 6.07) is 53.2. The van der Waals surface area contributed by atoms with E-state index in [1.54, 1.807) is 0 Å². The molecule has 2 aliphatic rings. The molecule has 0 saturated heterocycles. The van der Waals surface area contributed by atoms with Gasteiger partial charge in [0.25, 0.3) is 0 Å². The van der Waals surface area contributed by atoms with Crippen LogP contribution in [0.15, 0.2) is 158 Å². The highest BCUT2D eigenvalue weighted by atomic mass is 14.8. The van der Waals surface area contributed by atoms with Gasteiger partial charge in [-0.1, -0.05) is 121 Å². The minimum absolute atomic E-state index is 0.446. The molecule has 0 aliphatic heterocycles. The predicted octanol–water partition coefficient (Wildman–Crippen LogP) is 10.5. The van der Waals surface area contributed by atoms with Gasteiger partial charge in [0, 0.05) is 18.0 Å². The normalized spacial score (nSPS) is 13.5. The van der Waals surface area contributed by atoms with Crippen molar-refractivity contribution in [3.63, 3.8) is 0 Å². The molecular formula is C43H26N2. The van der Waals surface area contributed by atoms with Crippen molar-refractivity contribution >= 4 is 21.5 Å². The van der Waals surface area contributed by atoms with E-state index in [9.17, 15) is 0 Å². The first-order chi connectivity index (χ1) is 22.3. The number of rotatable bonds is 2. The molecule has 1 spiro atoms. The lowest BCUT2D eigenvalue weighted by atomic mass is 9.69. The molecule has 8 aromatic rings. The molecule has 0 N–H and O–H groups in total. The molecule has 6 aromatic carbocycles. The molecule has 208 valence electrons. The Hall–Kier alpha value is -5.86. The van der Waals surface area contributed by atoms with Crippen molar-refractivity contribution in [3.8, 4) is 44.8 Å². The van der Waals surface area contributed by atoms with Gasteiger partial charge in [-0.25, -0.2) is 0 Å². The minimum atomic E-state index is -0.446. The van der Waals surface area contributed by atoms with Gasteiger partial charge in [-0.3, -0.25) is 9.97 Å². The zero-order chi connectivity index (χ0) is 29.5. The highest BCUT2D eigenvalue weighted by Crippen LogP contribution is 2.65. The summed E-state index contributed by atoms with van der Waals surface area (Å²) < 4.78 is 0. The lowest BCUT2D eigenvalue weighted by molar-refractivity contribution is 0.802. The summed E-state index contributed by atoms with van der Waals surface area (Å²) in [5.41, 5.74) is 14.3. The Bertz CT molecular complexity index is 2430. The van der Waals surface area contributed by atoms with Crippen LogP contribution in [-0.2, 0) is 5.41 Å². The number of hydrogen-bond donors (Lipinski definition) is 0. The standard InChI is InChI=1S/C43H26N2/c1-2-12-29-27(11-1)20-22-34-41-33-16-4-3-13-30(33)35(28-21-23-40(45-26-28)39-19-9-10-24-44-39)25-38(41)43(42(29)34)36-17-7-5-14-31(36)32-15-6-8-18-37(32)43/h1-26H. The molecule has 0 amide bonds. The van der Waals surface area contributed by atoms with Gasteiger partial charge < -0.3 is 0 Å². The fourth-order valence-corrected chi connectivity index (χ4v) is 8.23. The third-order valence-corrected chi connectivity index (χ3v) is 9.98.